The number of thiophene rings is 1. The standard InChI is InChI=1S/C24H34N2O2S/c1-5-6-8-15-22(27)26(24(2,3)4)19-23(28)25(18-21-14-11-16-29-21)17-20-12-9-7-10-13-20/h7,9-14,16H,5-6,8,15,17-19H2,1-4H3. The third-order valence-corrected chi connectivity index (χ3v) is 5.76. The maximum Gasteiger partial charge on any atom is 0.242 e. The lowest BCUT2D eigenvalue weighted by atomic mass is 10.0. The van der Waals surface area contributed by atoms with E-state index in [1.807, 2.05) is 73.5 Å². The molecule has 0 saturated heterocycles. The van der Waals surface area contributed by atoms with Crippen LogP contribution in [0.2, 0.25) is 0 Å². The number of hydrogen-bond acceptors (Lipinski definition) is 3. The molecule has 0 spiro atoms. The van der Waals surface area contributed by atoms with Gasteiger partial charge in [-0.25, -0.2) is 0 Å². The average molecular weight is 415 g/mol. The van der Waals surface area contributed by atoms with Crippen molar-refractivity contribution in [3.63, 3.8) is 0 Å². The molecule has 0 bridgehead atoms. The molecule has 5 heteroatoms. The van der Waals surface area contributed by atoms with Gasteiger partial charge in [0.1, 0.15) is 6.54 Å². The summed E-state index contributed by atoms with van der Waals surface area (Å²) in [5, 5.41) is 2.03. The number of benzene rings is 1. The number of carbonyl (C=O) groups excluding carboxylic acids is 2. The van der Waals surface area contributed by atoms with Crippen molar-refractivity contribution in [2.75, 3.05) is 6.54 Å². The SMILES string of the molecule is CCCCCC(=O)N(CC(=O)N(Cc1ccccc1)Cc1cccs1)C(C)(C)C. The van der Waals surface area contributed by atoms with Crippen LogP contribution in [0.3, 0.4) is 0 Å². The fourth-order valence-corrected chi connectivity index (χ4v) is 3.94. The summed E-state index contributed by atoms with van der Waals surface area (Å²) in [6, 6.07) is 14.1. The van der Waals surface area contributed by atoms with E-state index in [-0.39, 0.29) is 23.9 Å². The molecule has 158 valence electrons. The van der Waals surface area contributed by atoms with Gasteiger partial charge >= 0.3 is 0 Å². The van der Waals surface area contributed by atoms with E-state index in [4.69, 9.17) is 0 Å². The number of carbonyl (C=O) groups is 2. The van der Waals surface area contributed by atoms with Gasteiger partial charge in [-0.1, -0.05) is 56.2 Å². The third-order valence-electron chi connectivity index (χ3n) is 4.89. The van der Waals surface area contributed by atoms with Gasteiger partial charge in [-0.05, 0) is 44.2 Å². The van der Waals surface area contributed by atoms with Gasteiger partial charge < -0.3 is 9.80 Å². The van der Waals surface area contributed by atoms with Crippen LogP contribution in [0.4, 0.5) is 0 Å². The first kappa shape index (κ1) is 23.1. The first-order chi connectivity index (χ1) is 13.8. The molecule has 0 N–H and O–H groups in total. The average Bonchev–Trinajstić information content (AvgIpc) is 3.18. The molecule has 0 aliphatic carbocycles. The van der Waals surface area contributed by atoms with E-state index in [2.05, 4.69) is 6.92 Å². The maximum absolute atomic E-state index is 13.3. The monoisotopic (exact) mass is 414 g/mol. The molecule has 2 amide bonds. The molecular weight excluding hydrogens is 380 g/mol. The Morgan fingerprint density at radius 2 is 1.66 bits per heavy atom. The van der Waals surface area contributed by atoms with Crippen LogP contribution in [0.15, 0.2) is 47.8 Å². The quantitative estimate of drug-likeness (QED) is 0.483. The number of nitrogens with zero attached hydrogens (tertiary/aromatic N) is 2. The van der Waals surface area contributed by atoms with Crippen LogP contribution in [-0.4, -0.2) is 33.7 Å². The summed E-state index contributed by atoms with van der Waals surface area (Å²) in [5.41, 5.74) is 0.703. The zero-order chi connectivity index (χ0) is 21.3. The van der Waals surface area contributed by atoms with Gasteiger partial charge in [0.15, 0.2) is 0 Å². The predicted molar refractivity (Wildman–Crippen MR) is 121 cm³/mol. The Bertz CT molecular complexity index is 751. The van der Waals surface area contributed by atoms with E-state index < -0.39 is 0 Å². The molecular formula is C24H34N2O2S. The van der Waals surface area contributed by atoms with E-state index in [0.717, 1.165) is 29.7 Å². The van der Waals surface area contributed by atoms with Crippen molar-refractivity contribution in [2.45, 2.75) is 72.0 Å². The topological polar surface area (TPSA) is 40.6 Å². The largest absolute Gasteiger partial charge is 0.332 e. The normalized spacial score (nSPS) is 11.3. The highest BCUT2D eigenvalue weighted by Crippen LogP contribution is 2.19. The summed E-state index contributed by atoms with van der Waals surface area (Å²) >= 11 is 1.65. The molecule has 1 aromatic heterocycles. The summed E-state index contributed by atoms with van der Waals surface area (Å²) in [6.07, 6.45) is 3.49. The van der Waals surface area contributed by atoms with E-state index in [1.165, 1.54) is 0 Å². The highest BCUT2D eigenvalue weighted by molar-refractivity contribution is 7.09. The molecule has 4 nitrogen and oxygen atoms in total. The highest BCUT2D eigenvalue weighted by atomic mass is 32.1. The fourth-order valence-electron chi connectivity index (χ4n) is 3.22. The number of rotatable bonds is 10. The van der Waals surface area contributed by atoms with Gasteiger partial charge in [0.25, 0.3) is 0 Å². The van der Waals surface area contributed by atoms with Gasteiger partial charge in [0, 0.05) is 23.4 Å². The van der Waals surface area contributed by atoms with E-state index >= 15 is 0 Å². The number of hydrogen-bond donors (Lipinski definition) is 0. The van der Waals surface area contributed by atoms with Crippen molar-refractivity contribution in [1.82, 2.24) is 9.80 Å². The fraction of sp³-hybridized carbons (Fsp3) is 0.500. The molecule has 29 heavy (non-hydrogen) atoms. The molecule has 0 radical (unpaired) electrons. The lowest BCUT2D eigenvalue weighted by molar-refractivity contribution is -0.145. The number of unbranched alkanes of at least 4 members (excludes halogenated alkanes) is 2. The molecule has 1 heterocycles. The van der Waals surface area contributed by atoms with Crippen molar-refractivity contribution in [3.8, 4) is 0 Å². The van der Waals surface area contributed by atoms with E-state index in [9.17, 15) is 9.59 Å². The summed E-state index contributed by atoms with van der Waals surface area (Å²) in [7, 11) is 0. The minimum Gasteiger partial charge on any atom is -0.332 e. The summed E-state index contributed by atoms with van der Waals surface area (Å²) < 4.78 is 0. The Hall–Kier alpha value is -2.14. The lowest BCUT2D eigenvalue weighted by Crippen LogP contribution is -2.50. The lowest BCUT2D eigenvalue weighted by Gasteiger charge is -2.37. The van der Waals surface area contributed by atoms with Gasteiger partial charge in [-0.2, -0.15) is 0 Å². The first-order valence-electron chi connectivity index (χ1n) is 10.5. The van der Waals surface area contributed by atoms with E-state index in [0.29, 0.717) is 19.5 Å². The smallest absolute Gasteiger partial charge is 0.242 e. The molecule has 1 aromatic carbocycles. The second-order valence-electron chi connectivity index (χ2n) is 8.42. The molecule has 0 saturated carbocycles. The van der Waals surface area contributed by atoms with Crippen LogP contribution >= 0.6 is 11.3 Å². The van der Waals surface area contributed by atoms with Crippen LogP contribution in [0, 0.1) is 0 Å². The molecule has 0 fully saturated rings. The predicted octanol–water partition coefficient (Wildman–Crippen LogP) is 5.48. The Morgan fingerprint density at radius 3 is 2.24 bits per heavy atom. The molecule has 0 aliphatic heterocycles. The van der Waals surface area contributed by atoms with Crippen LogP contribution in [-0.2, 0) is 22.7 Å². The Kier molecular flexibility index (Phi) is 8.90. The van der Waals surface area contributed by atoms with E-state index in [1.54, 1.807) is 16.2 Å². The molecule has 2 aromatic rings. The number of amides is 2. The Morgan fingerprint density at radius 1 is 0.931 bits per heavy atom. The van der Waals surface area contributed by atoms with Crippen molar-refractivity contribution in [2.24, 2.45) is 0 Å². The Labute approximate surface area is 179 Å². The second-order valence-corrected chi connectivity index (χ2v) is 9.45. The van der Waals surface area contributed by atoms with Crippen LogP contribution in [0.5, 0.6) is 0 Å². The summed E-state index contributed by atoms with van der Waals surface area (Å²) in [4.78, 5) is 30.9. The minimum absolute atomic E-state index is 0.0129. The first-order valence-corrected chi connectivity index (χ1v) is 11.3. The second kappa shape index (κ2) is 11.1. The van der Waals surface area contributed by atoms with Gasteiger partial charge in [-0.3, -0.25) is 9.59 Å². The van der Waals surface area contributed by atoms with Gasteiger partial charge in [0.2, 0.25) is 11.8 Å². The van der Waals surface area contributed by atoms with Crippen molar-refractivity contribution in [1.29, 1.82) is 0 Å². The van der Waals surface area contributed by atoms with Crippen LogP contribution < -0.4 is 0 Å². The molecule has 0 unspecified atom stereocenters. The van der Waals surface area contributed by atoms with Crippen LogP contribution in [0.25, 0.3) is 0 Å². The van der Waals surface area contributed by atoms with Crippen molar-refractivity contribution >= 4 is 23.2 Å². The van der Waals surface area contributed by atoms with Crippen molar-refractivity contribution < 1.29 is 9.59 Å². The zero-order valence-electron chi connectivity index (χ0n) is 18.2. The zero-order valence-corrected chi connectivity index (χ0v) is 19.0. The molecule has 0 atom stereocenters. The maximum atomic E-state index is 13.3. The summed E-state index contributed by atoms with van der Waals surface area (Å²) in [6.45, 7) is 9.34. The third kappa shape index (κ3) is 7.65. The molecule has 0 aliphatic rings. The van der Waals surface area contributed by atoms with Crippen LogP contribution in [0.1, 0.15) is 63.8 Å². The molecule has 2 rings (SSSR count). The summed E-state index contributed by atoms with van der Waals surface area (Å²) in [5.74, 6) is 0.0519. The minimum atomic E-state index is -0.389. The van der Waals surface area contributed by atoms with Crippen molar-refractivity contribution in [3.05, 3.63) is 58.3 Å². The highest BCUT2D eigenvalue weighted by Gasteiger charge is 2.29. The van der Waals surface area contributed by atoms with Gasteiger partial charge in [-0.15, -0.1) is 11.3 Å². The Balaban J connectivity index is 2.14. The van der Waals surface area contributed by atoms with Gasteiger partial charge in [0.05, 0.1) is 6.54 Å².